The predicted octanol–water partition coefficient (Wildman–Crippen LogP) is 3.23. The average Bonchev–Trinajstić information content (AvgIpc) is 3.30. The van der Waals surface area contributed by atoms with Crippen molar-refractivity contribution in [3.8, 4) is 17.2 Å². The molecule has 2 heterocycles. The van der Waals surface area contributed by atoms with Crippen LogP contribution in [0.5, 0.6) is 11.5 Å². The molecule has 1 fully saturated rings. The summed E-state index contributed by atoms with van der Waals surface area (Å²) in [6.07, 6.45) is 3.15. The fourth-order valence-corrected chi connectivity index (χ4v) is 3.75. The van der Waals surface area contributed by atoms with E-state index in [0.29, 0.717) is 28.6 Å². The number of hydrogen-bond donors (Lipinski definition) is 1. The molecule has 1 N–H and O–H groups in total. The smallest absolute Gasteiger partial charge is 0.270 e. The van der Waals surface area contributed by atoms with Crippen molar-refractivity contribution in [3.05, 3.63) is 82.2 Å². The minimum absolute atomic E-state index is 0.0461. The van der Waals surface area contributed by atoms with Crippen molar-refractivity contribution in [1.82, 2.24) is 9.88 Å². The fraction of sp³-hybridized carbons (Fsp3) is 0.0870. The van der Waals surface area contributed by atoms with Gasteiger partial charge in [-0.15, -0.1) is 0 Å². The van der Waals surface area contributed by atoms with Crippen LogP contribution in [-0.2, 0) is 9.59 Å². The van der Waals surface area contributed by atoms with Crippen LogP contribution in [0, 0.1) is 10.1 Å². The lowest BCUT2D eigenvalue weighted by molar-refractivity contribution is -0.384. The minimum Gasteiger partial charge on any atom is -0.497 e. The number of carbonyl (C=O) groups excluding carboxylic acids is 2. The van der Waals surface area contributed by atoms with Crippen LogP contribution >= 0.6 is 12.2 Å². The molecule has 3 aromatic rings. The van der Waals surface area contributed by atoms with E-state index in [-0.39, 0.29) is 16.4 Å². The number of methoxy groups -OCH3 is 2. The number of benzene rings is 2. The Kier molecular flexibility index (Phi) is 6.11. The first-order chi connectivity index (χ1) is 16.3. The van der Waals surface area contributed by atoms with Crippen LogP contribution in [0.3, 0.4) is 0 Å². The lowest BCUT2D eigenvalue weighted by Crippen LogP contribution is -2.54. The monoisotopic (exact) mass is 478 g/mol. The van der Waals surface area contributed by atoms with Crippen LogP contribution in [0.25, 0.3) is 11.8 Å². The molecule has 1 saturated heterocycles. The van der Waals surface area contributed by atoms with Gasteiger partial charge in [-0.2, -0.15) is 0 Å². The van der Waals surface area contributed by atoms with Crippen molar-refractivity contribution in [2.75, 3.05) is 19.1 Å². The Morgan fingerprint density at radius 2 is 1.79 bits per heavy atom. The van der Waals surface area contributed by atoms with E-state index in [1.54, 1.807) is 53.2 Å². The van der Waals surface area contributed by atoms with E-state index in [1.165, 1.54) is 37.3 Å². The summed E-state index contributed by atoms with van der Waals surface area (Å²) >= 11 is 5.27. The molecule has 0 atom stereocenters. The van der Waals surface area contributed by atoms with Gasteiger partial charge in [-0.3, -0.25) is 25.0 Å². The molecule has 0 aliphatic carbocycles. The Labute approximate surface area is 199 Å². The van der Waals surface area contributed by atoms with Gasteiger partial charge in [-0.1, -0.05) is 0 Å². The Bertz CT molecular complexity index is 1350. The summed E-state index contributed by atoms with van der Waals surface area (Å²) in [6, 6.07) is 14.2. The Morgan fingerprint density at radius 1 is 1.06 bits per heavy atom. The number of rotatable bonds is 6. The molecule has 0 radical (unpaired) electrons. The van der Waals surface area contributed by atoms with Crippen LogP contribution in [0.1, 0.15) is 5.69 Å². The van der Waals surface area contributed by atoms with Gasteiger partial charge < -0.3 is 14.0 Å². The molecular formula is C23H18N4O6S. The number of nitro groups is 1. The van der Waals surface area contributed by atoms with Crippen LogP contribution in [0.4, 0.5) is 11.4 Å². The zero-order valence-corrected chi connectivity index (χ0v) is 18.9. The SMILES string of the molecule is COc1ccc(N2C(=O)/C(=C/c3cccn3-c3ccc([N+](=O)[O-])cc3)C(=O)NC2=S)c(OC)c1. The number of nitrogens with one attached hydrogen (secondary N) is 1. The fourth-order valence-electron chi connectivity index (χ4n) is 3.48. The summed E-state index contributed by atoms with van der Waals surface area (Å²) in [5, 5.41) is 13.4. The lowest BCUT2D eigenvalue weighted by Gasteiger charge is -2.30. The van der Waals surface area contributed by atoms with Gasteiger partial charge in [0.1, 0.15) is 17.1 Å². The maximum absolute atomic E-state index is 13.4. The number of carbonyl (C=O) groups is 2. The van der Waals surface area contributed by atoms with Crippen molar-refractivity contribution in [2.24, 2.45) is 0 Å². The van der Waals surface area contributed by atoms with E-state index >= 15 is 0 Å². The molecular weight excluding hydrogens is 460 g/mol. The Morgan fingerprint density at radius 3 is 2.44 bits per heavy atom. The second kappa shape index (κ2) is 9.16. The first kappa shape index (κ1) is 22.7. The van der Waals surface area contributed by atoms with Gasteiger partial charge >= 0.3 is 0 Å². The Hall–Kier alpha value is -4.51. The third-order valence-electron chi connectivity index (χ3n) is 5.14. The number of aromatic nitrogens is 1. The molecule has 0 spiro atoms. The molecule has 1 aliphatic heterocycles. The van der Waals surface area contributed by atoms with Crippen molar-refractivity contribution >= 4 is 46.6 Å². The van der Waals surface area contributed by atoms with Crippen molar-refractivity contribution in [2.45, 2.75) is 0 Å². The molecule has 1 aliphatic rings. The zero-order chi connectivity index (χ0) is 24.4. The third-order valence-corrected chi connectivity index (χ3v) is 5.43. The first-order valence-electron chi connectivity index (χ1n) is 9.89. The summed E-state index contributed by atoms with van der Waals surface area (Å²) in [7, 11) is 2.95. The van der Waals surface area contributed by atoms with Crippen molar-refractivity contribution < 1.29 is 24.0 Å². The molecule has 0 unspecified atom stereocenters. The third kappa shape index (κ3) is 4.11. The van der Waals surface area contributed by atoms with Gasteiger partial charge in [0.05, 0.1) is 24.8 Å². The van der Waals surface area contributed by atoms with Gasteiger partial charge in [0, 0.05) is 35.8 Å². The highest BCUT2D eigenvalue weighted by Crippen LogP contribution is 2.34. The van der Waals surface area contributed by atoms with E-state index in [4.69, 9.17) is 21.7 Å². The van der Waals surface area contributed by atoms with Gasteiger partial charge in [-0.25, -0.2) is 4.90 Å². The number of ether oxygens (including phenoxy) is 2. The summed E-state index contributed by atoms with van der Waals surface area (Å²) in [6.45, 7) is 0. The lowest BCUT2D eigenvalue weighted by atomic mass is 10.1. The summed E-state index contributed by atoms with van der Waals surface area (Å²) in [5.41, 5.74) is 1.29. The van der Waals surface area contributed by atoms with Crippen LogP contribution in [-0.4, -0.2) is 40.6 Å². The molecule has 34 heavy (non-hydrogen) atoms. The number of thiocarbonyl (C=S) groups is 1. The van der Waals surface area contributed by atoms with Crippen LogP contribution in [0.15, 0.2) is 66.4 Å². The Balaban J connectivity index is 1.73. The molecule has 172 valence electrons. The summed E-state index contributed by atoms with van der Waals surface area (Å²) < 4.78 is 12.3. The van der Waals surface area contributed by atoms with Crippen molar-refractivity contribution in [3.63, 3.8) is 0 Å². The van der Waals surface area contributed by atoms with Gasteiger partial charge in [0.25, 0.3) is 17.5 Å². The van der Waals surface area contributed by atoms with Gasteiger partial charge in [0.15, 0.2) is 5.11 Å². The predicted molar refractivity (Wildman–Crippen MR) is 128 cm³/mol. The summed E-state index contributed by atoms with van der Waals surface area (Å²) in [4.78, 5) is 37.7. The molecule has 1 aromatic heterocycles. The highest BCUT2D eigenvalue weighted by Gasteiger charge is 2.36. The quantitative estimate of drug-likeness (QED) is 0.190. The standard InChI is InChI=1S/C23H18N4O6S/c1-32-17-9-10-19(20(13-17)33-2)26-22(29)18(21(28)24-23(26)34)12-16-4-3-11-25(16)14-5-7-15(8-6-14)27(30)31/h3-13H,1-2H3,(H,24,28,34)/b18-12+. The molecule has 0 saturated carbocycles. The van der Waals surface area contributed by atoms with E-state index < -0.39 is 16.7 Å². The number of non-ortho nitro benzene ring substituents is 1. The molecule has 2 amide bonds. The molecule has 2 aromatic carbocycles. The van der Waals surface area contributed by atoms with E-state index in [0.717, 1.165) is 0 Å². The normalized spacial score (nSPS) is 14.8. The van der Waals surface area contributed by atoms with Crippen LogP contribution in [0.2, 0.25) is 0 Å². The number of anilines is 1. The number of nitrogens with zero attached hydrogens (tertiary/aromatic N) is 3. The first-order valence-corrected chi connectivity index (χ1v) is 10.3. The zero-order valence-electron chi connectivity index (χ0n) is 18.1. The molecule has 0 bridgehead atoms. The van der Waals surface area contributed by atoms with Crippen LogP contribution < -0.4 is 19.7 Å². The minimum atomic E-state index is -0.643. The highest BCUT2D eigenvalue weighted by atomic mass is 32.1. The molecule has 11 heteroatoms. The number of hydrogen-bond acceptors (Lipinski definition) is 7. The average molecular weight is 478 g/mol. The molecule has 10 nitrogen and oxygen atoms in total. The number of nitro benzene ring substituents is 1. The second-order valence-corrected chi connectivity index (χ2v) is 7.46. The van der Waals surface area contributed by atoms with E-state index in [1.807, 2.05) is 0 Å². The van der Waals surface area contributed by atoms with E-state index in [2.05, 4.69) is 5.32 Å². The summed E-state index contributed by atoms with van der Waals surface area (Å²) in [5.74, 6) is -0.416. The maximum Gasteiger partial charge on any atom is 0.270 e. The van der Waals surface area contributed by atoms with Gasteiger partial charge in [0.2, 0.25) is 0 Å². The van der Waals surface area contributed by atoms with Gasteiger partial charge in [-0.05, 0) is 54.7 Å². The highest BCUT2D eigenvalue weighted by molar-refractivity contribution is 7.80. The maximum atomic E-state index is 13.4. The van der Waals surface area contributed by atoms with E-state index in [9.17, 15) is 19.7 Å². The second-order valence-electron chi connectivity index (χ2n) is 7.07. The van der Waals surface area contributed by atoms with Crippen molar-refractivity contribution in [1.29, 1.82) is 0 Å². The largest absolute Gasteiger partial charge is 0.497 e. The number of amides is 2. The topological polar surface area (TPSA) is 116 Å². The molecule has 4 rings (SSSR count).